The second-order valence-corrected chi connectivity index (χ2v) is 6.63. The number of hydrogen-bond acceptors (Lipinski definition) is 6. The molecule has 0 saturated carbocycles. The molecule has 0 unspecified atom stereocenters. The summed E-state index contributed by atoms with van der Waals surface area (Å²) < 4.78 is 0. The van der Waals surface area contributed by atoms with E-state index in [0.29, 0.717) is 18.1 Å². The van der Waals surface area contributed by atoms with Crippen molar-refractivity contribution < 1.29 is 9.59 Å². The van der Waals surface area contributed by atoms with Crippen LogP contribution in [0.5, 0.6) is 0 Å². The summed E-state index contributed by atoms with van der Waals surface area (Å²) in [5.74, 6) is -0.390. The summed E-state index contributed by atoms with van der Waals surface area (Å²) in [5, 5.41) is 12.9. The van der Waals surface area contributed by atoms with Crippen LogP contribution < -0.4 is 10.2 Å². The van der Waals surface area contributed by atoms with Gasteiger partial charge in [-0.1, -0.05) is 30.8 Å². The molecule has 0 aromatic heterocycles. The molecule has 0 fully saturated rings. The van der Waals surface area contributed by atoms with E-state index in [1.807, 2.05) is 50.1 Å². The molecule has 0 bridgehead atoms. The summed E-state index contributed by atoms with van der Waals surface area (Å²) >= 11 is 1.43. The molecule has 6 nitrogen and oxygen atoms in total. The van der Waals surface area contributed by atoms with E-state index in [0.717, 1.165) is 10.6 Å². The van der Waals surface area contributed by atoms with Crippen molar-refractivity contribution in [1.82, 2.24) is 10.2 Å². The monoisotopic (exact) mass is 358 g/mol. The van der Waals surface area contributed by atoms with Crippen LogP contribution in [0, 0.1) is 11.3 Å². The molecule has 1 N–H and O–H groups in total. The Bertz CT molecular complexity index is 739. The maximum atomic E-state index is 12.7. The van der Waals surface area contributed by atoms with Crippen molar-refractivity contribution in [2.75, 3.05) is 38.1 Å². The SMILES string of the molecule is CCNC(=O)CN(CC)CC(=O)/C(C#N)=C1\Sc2ccccc2N1C. The Labute approximate surface area is 152 Å². The summed E-state index contributed by atoms with van der Waals surface area (Å²) in [6.45, 7) is 5.04. The fraction of sp³-hybridized carbons (Fsp3) is 0.389. The van der Waals surface area contributed by atoms with Gasteiger partial charge in [-0.05, 0) is 25.6 Å². The van der Waals surface area contributed by atoms with E-state index in [1.165, 1.54) is 11.8 Å². The molecule has 2 rings (SSSR count). The van der Waals surface area contributed by atoms with Crippen molar-refractivity contribution >= 4 is 29.1 Å². The molecule has 0 radical (unpaired) electrons. The number of nitriles is 1. The lowest BCUT2D eigenvalue weighted by Gasteiger charge is -2.20. The zero-order chi connectivity index (χ0) is 18.4. The Kier molecular flexibility index (Phi) is 6.62. The lowest BCUT2D eigenvalue weighted by molar-refractivity contribution is -0.123. The van der Waals surface area contributed by atoms with E-state index in [9.17, 15) is 14.9 Å². The second-order valence-electron chi connectivity index (χ2n) is 5.60. The van der Waals surface area contributed by atoms with Gasteiger partial charge in [0.25, 0.3) is 0 Å². The summed E-state index contributed by atoms with van der Waals surface area (Å²) in [7, 11) is 1.85. The number of rotatable bonds is 7. The normalized spacial score (nSPS) is 14.9. The number of para-hydroxylation sites is 1. The molecule has 0 atom stereocenters. The summed E-state index contributed by atoms with van der Waals surface area (Å²) in [4.78, 5) is 29.0. The van der Waals surface area contributed by atoms with Crippen LogP contribution in [0.4, 0.5) is 5.69 Å². The first-order valence-corrected chi connectivity index (χ1v) is 9.00. The predicted molar refractivity (Wildman–Crippen MR) is 99.1 cm³/mol. The van der Waals surface area contributed by atoms with Gasteiger partial charge in [-0.25, -0.2) is 0 Å². The number of thioether (sulfide) groups is 1. The number of likely N-dealkylation sites (N-methyl/N-ethyl adjacent to an activating group) is 2. The van der Waals surface area contributed by atoms with Crippen molar-refractivity contribution in [3.05, 3.63) is 34.9 Å². The number of hydrogen-bond donors (Lipinski definition) is 1. The zero-order valence-corrected chi connectivity index (χ0v) is 15.5. The first-order chi connectivity index (χ1) is 12.0. The van der Waals surface area contributed by atoms with E-state index in [4.69, 9.17) is 0 Å². The number of Topliss-reactive ketones (excluding diaryl/α,β-unsaturated/α-hetero) is 1. The Balaban J connectivity index is 2.17. The fourth-order valence-corrected chi connectivity index (χ4v) is 3.73. The molecule has 1 aromatic rings. The van der Waals surface area contributed by atoms with E-state index in [2.05, 4.69) is 11.4 Å². The fourth-order valence-electron chi connectivity index (χ4n) is 2.57. The smallest absolute Gasteiger partial charge is 0.234 e. The van der Waals surface area contributed by atoms with Crippen molar-refractivity contribution in [2.24, 2.45) is 0 Å². The Morgan fingerprint density at radius 2 is 2.00 bits per heavy atom. The maximum absolute atomic E-state index is 12.7. The molecule has 132 valence electrons. The van der Waals surface area contributed by atoms with Crippen LogP contribution in [0.1, 0.15) is 13.8 Å². The van der Waals surface area contributed by atoms with Gasteiger partial charge in [0.15, 0.2) is 5.78 Å². The van der Waals surface area contributed by atoms with E-state index < -0.39 is 0 Å². The number of benzene rings is 1. The Morgan fingerprint density at radius 1 is 1.28 bits per heavy atom. The van der Waals surface area contributed by atoms with Gasteiger partial charge in [-0.2, -0.15) is 5.26 Å². The largest absolute Gasteiger partial charge is 0.355 e. The first kappa shape index (κ1) is 19.0. The van der Waals surface area contributed by atoms with Crippen LogP contribution >= 0.6 is 11.8 Å². The molecule has 1 aromatic carbocycles. The van der Waals surface area contributed by atoms with Gasteiger partial charge < -0.3 is 10.2 Å². The molecule has 25 heavy (non-hydrogen) atoms. The average molecular weight is 358 g/mol. The number of ketones is 1. The van der Waals surface area contributed by atoms with Crippen LogP contribution in [0.25, 0.3) is 0 Å². The molecule has 0 spiro atoms. The van der Waals surface area contributed by atoms with Crippen molar-refractivity contribution in [3.8, 4) is 6.07 Å². The molecule has 1 aliphatic heterocycles. The van der Waals surface area contributed by atoms with Crippen molar-refractivity contribution in [3.63, 3.8) is 0 Å². The van der Waals surface area contributed by atoms with E-state index in [1.54, 1.807) is 4.90 Å². The summed E-state index contributed by atoms with van der Waals surface area (Å²) in [6.07, 6.45) is 0. The van der Waals surface area contributed by atoms with Gasteiger partial charge >= 0.3 is 0 Å². The molecule has 0 saturated heterocycles. The minimum absolute atomic E-state index is 0.0464. The molecular weight excluding hydrogens is 336 g/mol. The summed E-state index contributed by atoms with van der Waals surface area (Å²) in [5.41, 5.74) is 1.12. The van der Waals surface area contributed by atoms with Gasteiger partial charge in [-0.15, -0.1) is 0 Å². The number of carbonyl (C=O) groups is 2. The quantitative estimate of drug-likeness (QED) is 0.593. The lowest BCUT2D eigenvalue weighted by atomic mass is 10.1. The molecule has 1 heterocycles. The average Bonchev–Trinajstić information content (AvgIpc) is 2.92. The van der Waals surface area contributed by atoms with Crippen LogP contribution in [0.3, 0.4) is 0 Å². The third-order valence-electron chi connectivity index (χ3n) is 3.90. The number of nitrogens with one attached hydrogen (secondary N) is 1. The molecule has 0 aliphatic carbocycles. The molecule has 1 aliphatic rings. The molecular formula is C18H22N4O2S. The first-order valence-electron chi connectivity index (χ1n) is 8.19. The topological polar surface area (TPSA) is 76.4 Å². The Morgan fingerprint density at radius 3 is 2.60 bits per heavy atom. The lowest BCUT2D eigenvalue weighted by Crippen LogP contribution is -2.40. The number of amides is 1. The predicted octanol–water partition coefficient (Wildman–Crippen LogP) is 1.99. The van der Waals surface area contributed by atoms with Crippen LogP contribution in [-0.4, -0.2) is 49.8 Å². The zero-order valence-electron chi connectivity index (χ0n) is 14.7. The van der Waals surface area contributed by atoms with Crippen LogP contribution in [0.15, 0.2) is 39.8 Å². The number of nitrogens with zero attached hydrogens (tertiary/aromatic N) is 3. The van der Waals surface area contributed by atoms with Crippen molar-refractivity contribution in [2.45, 2.75) is 18.7 Å². The van der Waals surface area contributed by atoms with E-state index >= 15 is 0 Å². The standard InChI is InChI=1S/C18H22N4O2S/c1-4-20-17(24)12-22(5-2)11-15(23)13(10-19)18-21(3)14-8-6-7-9-16(14)25-18/h6-9H,4-5,11-12H2,1-3H3,(H,20,24)/b18-13-. The highest BCUT2D eigenvalue weighted by Gasteiger charge is 2.28. The minimum Gasteiger partial charge on any atom is -0.355 e. The maximum Gasteiger partial charge on any atom is 0.234 e. The number of anilines is 1. The van der Waals surface area contributed by atoms with Gasteiger partial charge in [0.1, 0.15) is 16.7 Å². The third-order valence-corrected chi connectivity index (χ3v) is 5.13. The molecule has 1 amide bonds. The second kappa shape index (κ2) is 8.70. The van der Waals surface area contributed by atoms with Gasteiger partial charge in [0.05, 0.1) is 18.8 Å². The highest BCUT2D eigenvalue weighted by atomic mass is 32.2. The highest BCUT2D eigenvalue weighted by molar-refractivity contribution is 8.03. The van der Waals surface area contributed by atoms with Crippen molar-refractivity contribution in [1.29, 1.82) is 5.26 Å². The Hall–Kier alpha value is -2.30. The molecule has 7 heteroatoms. The van der Waals surface area contributed by atoms with Gasteiger partial charge in [0.2, 0.25) is 5.91 Å². The van der Waals surface area contributed by atoms with Crippen LogP contribution in [0.2, 0.25) is 0 Å². The van der Waals surface area contributed by atoms with Gasteiger partial charge in [0, 0.05) is 18.5 Å². The third kappa shape index (κ3) is 4.41. The van der Waals surface area contributed by atoms with E-state index in [-0.39, 0.29) is 30.4 Å². The number of fused-ring (bicyclic) bond motifs is 1. The van der Waals surface area contributed by atoms with Gasteiger partial charge in [-0.3, -0.25) is 14.5 Å². The highest BCUT2D eigenvalue weighted by Crippen LogP contribution is 2.46. The number of carbonyl (C=O) groups excluding carboxylic acids is 2. The minimum atomic E-state index is -0.268. The van der Waals surface area contributed by atoms with Crippen LogP contribution in [-0.2, 0) is 9.59 Å². The summed E-state index contributed by atoms with van der Waals surface area (Å²) in [6, 6.07) is 9.85.